The minimum absolute atomic E-state index is 0.433. The van der Waals surface area contributed by atoms with Crippen LogP contribution in [-0.4, -0.2) is 36.2 Å². The average Bonchev–Trinajstić information content (AvgIpc) is 3.36. The molecular weight excluding hydrogens is 407 g/mol. The van der Waals surface area contributed by atoms with Gasteiger partial charge in [0.2, 0.25) is 0 Å². The Kier molecular flexibility index (Phi) is 4.67. The highest BCUT2D eigenvalue weighted by Gasteiger charge is 2.31. The van der Waals surface area contributed by atoms with E-state index in [0.29, 0.717) is 34.8 Å². The number of halogens is 1. The van der Waals surface area contributed by atoms with E-state index < -0.39 is 11.4 Å². The number of aromatic amines is 1. The largest absolute Gasteiger partial charge is 0.385 e. The fourth-order valence-electron chi connectivity index (χ4n) is 4.08. The number of nitrogens with zero attached hydrogens (tertiary/aromatic N) is 5. The lowest BCUT2D eigenvalue weighted by atomic mass is 9.99. The summed E-state index contributed by atoms with van der Waals surface area (Å²) in [5.41, 5.74) is 2.98. The van der Waals surface area contributed by atoms with Crippen LogP contribution in [0.15, 0.2) is 61.2 Å². The summed E-state index contributed by atoms with van der Waals surface area (Å²) in [6.07, 6.45) is 6.43. The van der Waals surface area contributed by atoms with Crippen LogP contribution in [0, 0.1) is 5.82 Å². The zero-order valence-electron chi connectivity index (χ0n) is 18.0. The second kappa shape index (κ2) is 7.42. The van der Waals surface area contributed by atoms with Gasteiger partial charge in [-0.25, -0.2) is 13.9 Å². The molecule has 7 nitrogen and oxygen atoms in total. The maximum atomic E-state index is 13.7. The molecule has 0 saturated heterocycles. The number of rotatable bonds is 5. The molecule has 32 heavy (non-hydrogen) atoms. The summed E-state index contributed by atoms with van der Waals surface area (Å²) in [5, 5.41) is 17.0. The first-order chi connectivity index (χ1) is 15.4. The number of aliphatic hydroxyl groups is 1. The molecule has 2 N–H and O–H groups in total. The molecule has 5 aromatic rings. The van der Waals surface area contributed by atoms with Crippen molar-refractivity contribution in [2.45, 2.75) is 26.4 Å². The van der Waals surface area contributed by atoms with E-state index in [1.165, 1.54) is 6.07 Å². The summed E-state index contributed by atoms with van der Waals surface area (Å²) in [5.74, 6) is 0.185. The first-order valence-electron chi connectivity index (χ1n) is 10.4. The van der Waals surface area contributed by atoms with Crippen molar-refractivity contribution in [3.63, 3.8) is 0 Å². The van der Waals surface area contributed by atoms with Crippen LogP contribution in [-0.2, 0) is 5.60 Å². The van der Waals surface area contributed by atoms with Crippen LogP contribution in [0.3, 0.4) is 0 Å². The number of para-hydroxylation sites is 1. The minimum Gasteiger partial charge on any atom is -0.385 e. The maximum absolute atomic E-state index is 13.7. The van der Waals surface area contributed by atoms with E-state index >= 15 is 0 Å². The average molecular weight is 430 g/mol. The third-order valence-corrected chi connectivity index (χ3v) is 5.51. The molecule has 0 aliphatic rings. The van der Waals surface area contributed by atoms with Gasteiger partial charge in [0.05, 0.1) is 28.7 Å². The molecule has 0 radical (unpaired) electrons. The van der Waals surface area contributed by atoms with Gasteiger partial charge in [-0.3, -0.25) is 4.98 Å². The van der Waals surface area contributed by atoms with Crippen molar-refractivity contribution in [2.75, 3.05) is 11.4 Å². The van der Waals surface area contributed by atoms with Crippen molar-refractivity contribution in [3.8, 4) is 11.3 Å². The van der Waals surface area contributed by atoms with Gasteiger partial charge < -0.3 is 15.0 Å². The second-order valence-corrected chi connectivity index (χ2v) is 8.19. The highest BCUT2D eigenvalue weighted by molar-refractivity contribution is 5.95. The number of benzene rings is 1. The van der Waals surface area contributed by atoms with Gasteiger partial charge in [-0.2, -0.15) is 0 Å². The topological polar surface area (TPSA) is 82.3 Å². The van der Waals surface area contributed by atoms with Gasteiger partial charge in [-0.05, 0) is 39.0 Å². The molecule has 162 valence electrons. The summed E-state index contributed by atoms with van der Waals surface area (Å²) in [4.78, 5) is 14.0. The second-order valence-electron chi connectivity index (χ2n) is 8.19. The smallest absolute Gasteiger partial charge is 0.163 e. The molecule has 4 aromatic heterocycles. The molecular formula is C24H23FN6O. The number of nitrogens with one attached hydrogen (secondary N) is 1. The lowest BCUT2D eigenvalue weighted by molar-refractivity contribution is 0.0804. The lowest BCUT2D eigenvalue weighted by Crippen LogP contribution is -2.23. The predicted octanol–water partition coefficient (Wildman–Crippen LogP) is 4.80. The molecule has 0 aliphatic carbocycles. The number of hydrogen-bond donors (Lipinski definition) is 2. The Balaban J connectivity index is 1.73. The lowest BCUT2D eigenvalue weighted by Gasteiger charge is -2.25. The van der Waals surface area contributed by atoms with Crippen LogP contribution in [0.4, 0.5) is 15.9 Å². The fourth-order valence-corrected chi connectivity index (χ4v) is 4.08. The van der Waals surface area contributed by atoms with Crippen molar-refractivity contribution in [3.05, 3.63) is 72.6 Å². The molecule has 0 atom stereocenters. The molecule has 0 bridgehead atoms. The van der Waals surface area contributed by atoms with E-state index in [2.05, 4.69) is 20.9 Å². The third kappa shape index (κ3) is 3.29. The van der Waals surface area contributed by atoms with E-state index in [0.717, 1.165) is 22.8 Å². The minimum atomic E-state index is -1.22. The Morgan fingerprint density at radius 3 is 2.75 bits per heavy atom. The van der Waals surface area contributed by atoms with Crippen molar-refractivity contribution < 1.29 is 9.50 Å². The van der Waals surface area contributed by atoms with Crippen molar-refractivity contribution in [1.29, 1.82) is 0 Å². The van der Waals surface area contributed by atoms with E-state index in [1.807, 2.05) is 31.3 Å². The van der Waals surface area contributed by atoms with Crippen LogP contribution in [0.1, 0.15) is 26.3 Å². The Hall–Kier alpha value is -3.78. The highest BCUT2D eigenvalue weighted by Crippen LogP contribution is 2.39. The van der Waals surface area contributed by atoms with Gasteiger partial charge in [0, 0.05) is 41.6 Å². The predicted molar refractivity (Wildman–Crippen MR) is 122 cm³/mol. The van der Waals surface area contributed by atoms with Crippen molar-refractivity contribution in [1.82, 2.24) is 24.6 Å². The number of hydrogen-bond acceptors (Lipinski definition) is 5. The van der Waals surface area contributed by atoms with Gasteiger partial charge in [0.15, 0.2) is 11.5 Å². The summed E-state index contributed by atoms with van der Waals surface area (Å²) in [6.45, 7) is 6.11. The molecule has 0 fully saturated rings. The van der Waals surface area contributed by atoms with Crippen LogP contribution in [0.25, 0.3) is 27.8 Å². The number of anilines is 2. The molecule has 8 heteroatoms. The molecule has 0 saturated carbocycles. The summed E-state index contributed by atoms with van der Waals surface area (Å²) >= 11 is 0. The Bertz CT molecular complexity index is 1430. The number of aromatic nitrogens is 5. The molecule has 5 rings (SSSR count). The monoisotopic (exact) mass is 430 g/mol. The van der Waals surface area contributed by atoms with Gasteiger partial charge in [0.25, 0.3) is 0 Å². The Labute approximate surface area is 184 Å². The SMILES string of the molecule is CCN(c1nn2ccc(-c3cncc(F)c3)nc2c1C(C)(C)O)c1c[nH]c2ccccc12. The fraction of sp³-hybridized carbons (Fsp3) is 0.208. The van der Waals surface area contributed by atoms with Crippen molar-refractivity contribution >= 4 is 28.1 Å². The van der Waals surface area contributed by atoms with Gasteiger partial charge in [-0.1, -0.05) is 18.2 Å². The quantitative estimate of drug-likeness (QED) is 0.419. The summed E-state index contributed by atoms with van der Waals surface area (Å²) in [7, 11) is 0. The van der Waals surface area contributed by atoms with Crippen molar-refractivity contribution in [2.24, 2.45) is 0 Å². The van der Waals surface area contributed by atoms with Crippen LogP contribution >= 0.6 is 0 Å². The van der Waals surface area contributed by atoms with Gasteiger partial charge in [-0.15, -0.1) is 5.10 Å². The van der Waals surface area contributed by atoms with E-state index in [9.17, 15) is 9.50 Å². The molecule has 4 heterocycles. The zero-order chi connectivity index (χ0) is 22.5. The Morgan fingerprint density at radius 1 is 1.19 bits per heavy atom. The first-order valence-corrected chi connectivity index (χ1v) is 10.4. The standard InChI is InChI=1S/C24H23FN6O/c1-4-30(20-14-27-19-8-6-5-7-17(19)20)23-21(24(2,3)32)22-28-18(9-10-31(22)29-23)15-11-16(25)13-26-12-15/h5-14,27,32H,4H2,1-3H3. The van der Waals surface area contributed by atoms with Crippen LogP contribution in [0.2, 0.25) is 0 Å². The van der Waals surface area contributed by atoms with E-state index in [1.54, 1.807) is 36.8 Å². The highest BCUT2D eigenvalue weighted by atomic mass is 19.1. The van der Waals surface area contributed by atoms with Crippen LogP contribution < -0.4 is 4.90 Å². The van der Waals surface area contributed by atoms with E-state index in [4.69, 9.17) is 10.1 Å². The van der Waals surface area contributed by atoms with Gasteiger partial charge >= 0.3 is 0 Å². The molecule has 1 aromatic carbocycles. The molecule has 0 spiro atoms. The number of fused-ring (bicyclic) bond motifs is 2. The van der Waals surface area contributed by atoms with E-state index in [-0.39, 0.29) is 0 Å². The third-order valence-electron chi connectivity index (χ3n) is 5.51. The normalized spacial score (nSPS) is 12.0. The van der Waals surface area contributed by atoms with Gasteiger partial charge in [0.1, 0.15) is 5.82 Å². The zero-order valence-corrected chi connectivity index (χ0v) is 18.0. The summed E-state index contributed by atoms with van der Waals surface area (Å²) < 4.78 is 15.4. The number of H-pyrrole nitrogens is 1. The summed E-state index contributed by atoms with van der Waals surface area (Å²) in [6, 6.07) is 11.2. The van der Waals surface area contributed by atoms with Crippen LogP contribution in [0.5, 0.6) is 0 Å². The molecule has 0 amide bonds. The first kappa shape index (κ1) is 20.1. The Morgan fingerprint density at radius 2 is 2.00 bits per heavy atom. The molecule has 0 unspecified atom stereocenters. The number of pyridine rings is 1. The maximum Gasteiger partial charge on any atom is 0.163 e. The molecule has 0 aliphatic heterocycles.